The minimum absolute atomic E-state index is 0.0513. The average Bonchev–Trinajstić information content (AvgIpc) is 2.17. The van der Waals surface area contributed by atoms with Gasteiger partial charge in [-0.1, -0.05) is 0 Å². The van der Waals surface area contributed by atoms with Gasteiger partial charge in [-0.3, -0.25) is 4.79 Å². The van der Waals surface area contributed by atoms with Crippen LogP contribution in [0.4, 0.5) is 0 Å². The van der Waals surface area contributed by atoms with Crippen LogP contribution in [0.3, 0.4) is 0 Å². The molecule has 0 saturated heterocycles. The van der Waals surface area contributed by atoms with Crippen LogP contribution in [-0.4, -0.2) is 7.11 Å². The van der Waals surface area contributed by atoms with Crippen LogP contribution in [0, 0.1) is 6.92 Å². The molecule has 0 aliphatic carbocycles. The molecule has 1 aromatic carbocycles. The summed E-state index contributed by atoms with van der Waals surface area (Å²) in [5.41, 5.74) is 1.50. The highest BCUT2D eigenvalue weighted by Gasteiger charge is 2.05. The quantitative estimate of drug-likeness (QED) is 0.691. The molecule has 0 amide bonds. The first-order valence-corrected chi connectivity index (χ1v) is 4.28. The fourth-order valence-corrected chi connectivity index (χ4v) is 1.43. The van der Waals surface area contributed by atoms with Crippen LogP contribution in [0.1, 0.15) is 5.56 Å². The third kappa shape index (κ3) is 1.27. The number of benzene rings is 1. The van der Waals surface area contributed by atoms with Gasteiger partial charge in [-0.25, -0.2) is 0 Å². The summed E-state index contributed by atoms with van der Waals surface area (Å²) in [6.45, 7) is 1.91. The third-order valence-electron chi connectivity index (χ3n) is 2.18. The van der Waals surface area contributed by atoms with Crippen molar-refractivity contribution in [2.24, 2.45) is 0 Å². The maximum Gasteiger partial charge on any atom is 0.192 e. The van der Waals surface area contributed by atoms with E-state index in [-0.39, 0.29) is 5.43 Å². The number of ether oxygens (including phenoxy) is 1. The molecule has 1 aromatic heterocycles. The van der Waals surface area contributed by atoms with E-state index in [9.17, 15) is 4.79 Å². The van der Waals surface area contributed by atoms with Crippen molar-refractivity contribution in [2.75, 3.05) is 7.11 Å². The lowest BCUT2D eigenvalue weighted by Gasteiger charge is -2.04. The molecule has 0 saturated carbocycles. The highest BCUT2D eigenvalue weighted by molar-refractivity contribution is 5.79. The van der Waals surface area contributed by atoms with E-state index in [1.807, 2.05) is 6.92 Å². The van der Waals surface area contributed by atoms with Crippen molar-refractivity contribution in [2.45, 2.75) is 6.92 Å². The third-order valence-corrected chi connectivity index (χ3v) is 2.18. The largest absolute Gasteiger partial charge is 0.496 e. The number of fused-ring (bicyclic) bond motifs is 1. The fraction of sp³-hybridized carbons (Fsp3) is 0.182. The summed E-state index contributed by atoms with van der Waals surface area (Å²) >= 11 is 0. The van der Waals surface area contributed by atoms with Crippen LogP contribution in [0.25, 0.3) is 11.0 Å². The molecular weight excluding hydrogens is 180 g/mol. The standard InChI is InChI=1S/C11H10O3/c1-7-5-11-8(6-10(7)13-2)9(12)3-4-14-11/h3-6H,1-2H3. The van der Waals surface area contributed by atoms with Gasteiger partial charge in [-0.05, 0) is 24.6 Å². The Bertz CT molecular complexity index is 526. The van der Waals surface area contributed by atoms with Gasteiger partial charge in [0, 0.05) is 6.07 Å². The Kier molecular flexibility index (Phi) is 2.00. The number of rotatable bonds is 1. The van der Waals surface area contributed by atoms with Gasteiger partial charge in [0.25, 0.3) is 0 Å². The van der Waals surface area contributed by atoms with Crippen molar-refractivity contribution >= 4 is 11.0 Å². The Morgan fingerprint density at radius 3 is 2.86 bits per heavy atom. The summed E-state index contributed by atoms with van der Waals surface area (Å²) in [6, 6.07) is 4.91. The smallest absolute Gasteiger partial charge is 0.192 e. The van der Waals surface area contributed by atoms with E-state index in [0.29, 0.717) is 16.7 Å². The first-order chi connectivity index (χ1) is 6.72. The molecule has 0 fully saturated rings. The SMILES string of the molecule is COc1cc2c(=O)ccoc2cc1C. The van der Waals surface area contributed by atoms with Crippen molar-refractivity contribution in [1.82, 2.24) is 0 Å². The highest BCUT2D eigenvalue weighted by atomic mass is 16.5. The highest BCUT2D eigenvalue weighted by Crippen LogP contribution is 2.22. The Hall–Kier alpha value is -1.77. The summed E-state index contributed by atoms with van der Waals surface area (Å²) in [7, 11) is 1.58. The van der Waals surface area contributed by atoms with Crippen molar-refractivity contribution < 1.29 is 9.15 Å². The van der Waals surface area contributed by atoms with Gasteiger partial charge in [-0.15, -0.1) is 0 Å². The monoisotopic (exact) mass is 190 g/mol. The van der Waals surface area contributed by atoms with Gasteiger partial charge in [0.05, 0.1) is 18.8 Å². The molecule has 3 heteroatoms. The maximum atomic E-state index is 11.4. The summed E-state index contributed by atoms with van der Waals surface area (Å²) in [5.74, 6) is 0.705. The average molecular weight is 190 g/mol. The van der Waals surface area contributed by atoms with Gasteiger partial charge < -0.3 is 9.15 Å². The van der Waals surface area contributed by atoms with Gasteiger partial charge in [-0.2, -0.15) is 0 Å². The molecule has 2 rings (SSSR count). The Balaban J connectivity index is 2.87. The van der Waals surface area contributed by atoms with Crippen LogP contribution >= 0.6 is 0 Å². The zero-order chi connectivity index (χ0) is 10.1. The van der Waals surface area contributed by atoms with Crippen LogP contribution in [-0.2, 0) is 0 Å². The Morgan fingerprint density at radius 1 is 1.36 bits per heavy atom. The molecule has 0 spiro atoms. The second-order valence-electron chi connectivity index (χ2n) is 3.10. The number of hydrogen-bond donors (Lipinski definition) is 0. The molecule has 0 radical (unpaired) electrons. The minimum Gasteiger partial charge on any atom is -0.496 e. The van der Waals surface area contributed by atoms with Crippen LogP contribution in [0.15, 0.2) is 33.7 Å². The molecule has 0 unspecified atom stereocenters. The molecule has 14 heavy (non-hydrogen) atoms. The molecule has 2 aromatic rings. The lowest BCUT2D eigenvalue weighted by atomic mass is 10.1. The molecule has 3 nitrogen and oxygen atoms in total. The van der Waals surface area contributed by atoms with Gasteiger partial charge in [0.2, 0.25) is 0 Å². The number of aryl methyl sites for hydroxylation is 1. The van der Waals surface area contributed by atoms with E-state index >= 15 is 0 Å². The predicted molar refractivity (Wildman–Crippen MR) is 53.8 cm³/mol. The molecule has 0 atom stereocenters. The molecule has 0 N–H and O–H groups in total. The number of hydrogen-bond acceptors (Lipinski definition) is 3. The van der Waals surface area contributed by atoms with E-state index in [1.165, 1.54) is 12.3 Å². The van der Waals surface area contributed by atoms with Crippen LogP contribution in [0.5, 0.6) is 5.75 Å². The first-order valence-electron chi connectivity index (χ1n) is 4.28. The predicted octanol–water partition coefficient (Wildman–Crippen LogP) is 2.11. The normalized spacial score (nSPS) is 10.4. The second kappa shape index (κ2) is 3.18. The molecule has 72 valence electrons. The molecule has 0 aliphatic heterocycles. The van der Waals surface area contributed by atoms with Crippen molar-refractivity contribution in [1.29, 1.82) is 0 Å². The summed E-state index contributed by atoms with van der Waals surface area (Å²) in [4.78, 5) is 11.4. The topological polar surface area (TPSA) is 39.4 Å². The van der Waals surface area contributed by atoms with Crippen molar-refractivity contribution in [3.63, 3.8) is 0 Å². The molecule has 1 heterocycles. The molecule has 0 bridgehead atoms. The van der Waals surface area contributed by atoms with Gasteiger partial charge in [0.1, 0.15) is 11.3 Å². The Labute approximate surface area is 80.9 Å². The van der Waals surface area contributed by atoms with Gasteiger partial charge >= 0.3 is 0 Å². The lowest BCUT2D eigenvalue weighted by Crippen LogP contribution is -1.99. The summed E-state index contributed by atoms with van der Waals surface area (Å²) < 4.78 is 10.3. The van der Waals surface area contributed by atoms with E-state index in [1.54, 1.807) is 19.2 Å². The summed E-state index contributed by atoms with van der Waals surface area (Å²) in [5, 5.41) is 0.551. The lowest BCUT2D eigenvalue weighted by molar-refractivity contribution is 0.412. The maximum absolute atomic E-state index is 11.4. The Morgan fingerprint density at radius 2 is 2.14 bits per heavy atom. The van der Waals surface area contributed by atoms with Crippen molar-refractivity contribution in [3.05, 3.63) is 40.2 Å². The van der Waals surface area contributed by atoms with E-state index in [2.05, 4.69) is 0 Å². The van der Waals surface area contributed by atoms with Crippen molar-refractivity contribution in [3.8, 4) is 5.75 Å². The number of methoxy groups -OCH3 is 1. The van der Waals surface area contributed by atoms with Crippen LogP contribution < -0.4 is 10.2 Å². The molecule has 0 aliphatic rings. The molecular formula is C11H10O3. The van der Waals surface area contributed by atoms with E-state index in [0.717, 1.165) is 5.56 Å². The van der Waals surface area contributed by atoms with Crippen LogP contribution in [0.2, 0.25) is 0 Å². The first kappa shape index (κ1) is 8.81. The van der Waals surface area contributed by atoms with E-state index < -0.39 is 0 Å². The second-order valence-corrected chi connectivity index (χ2v) is 3.10. The minimum atomic E-state index is -0.0513. The van der Waals surface area contributed by atoms with E-state index in [4.69, 9.17) is 9.15 Å². The zero-order valence-corrected chi connectivity index (χ0v) is 8.03. The zero-order valence-electron chi connectivity index (χ0n) is 8.03. The van der Waals surface area contributed by atoms with Gasteiger partial charge in [0.15, 0.2) is 5.43 Å². The fourth-order valence-electron chi connectivity index (χ4n) is 1.43. The summed E-state index contributed by atoms with van der Waals surface area (Å²) in [6.07, 6.45) is 1.40.